The summed E-state index contributed by atoms with van der Waals surface area (Å²) in [6.45, 7) is 2.74. The summed E-state index contributed by atoms with van der Waals surface area (Å²) in [4.78, 5) is 12.3. The number of amides is 2. The third-order valence-electron chi connectivity index (χ3n) is 4.60. The van der Waals surface area contributed by atoms with Crippen LogP contribution < -0.4 is 10.6 Å². The highest BCUT2D eigenvalue weighted by Crippen LogP contribution is 2.16. The Balaban J connectivity index is 1.79. The molecule has 0 atom stereocenters. The molecule has 2 amide bonds. The highest BCUT2D eigenvalue weighted by atomic mass is 32.2. The Hall–Kier alpha value is -1.65. The van der Waals surface area contributed by atoms with Crippen LogP contribution in [0.15, 0.2) is 29.2 Å². The average molecular weight is 418 g/mol. The van der Waals surface area contributed by atoms with Gasteiger partial charge < -0.3 is 10.6 Å². The van der Waals surface area contributed by atoms with E-state index in [1.807, 2.05) is 0 Å². The maximum Gasteiger partial charge on any atom is 0.315 e. The molecule has 1 fully saturated rings. The zero-order valence-corrected chi connectivity index (χ0v) is 17.3. The summed E-state index contributed by atoms with van der Waals surface area (Å²) < 4.78 is 48.7. The average Bonchev–Trinajstić information content (AvgIpc) is 2.62. The van der Waals surface area contributed by atoms with E-state index in [0.29, 0.717) is 44.5 Å². The molecule has 1 heterocycles. The highest BCUT2D eigenvalue weighted by Gasteiger charge is 2.27. The number of benzene rings is 1. The lowest BCUT2D eigenvalue weighted by molar-refractivity contribution is 0.228. The smallest absolute Gasteiger partial charge is 0.315 e. The molecule has 1 aliphatic rings. The van der Waals surface area contributed by atoms with E-state index >= 15 is 0 Å². The van der Waals surface area contributed by atoms with Crippen molar-refractivity contribution in [1.29, 1.82) is 0 Å². The third kappa shape index (κ3) is 6.18. The van der Waals surface area contributed by atoms with Gasteiger partial charge in [0.2, 0.25) is 10.0 Å². The van der Waals surface area contributed by atoms with Gasteiger partial charge in [-0.15, -0.1) is 0 Å². The molecule has 0 spiro atoms. The lowest BCUT2D eigenvalue weighted by atomic mass is 10.1. The molecule has 1 aromatic rings. The van der Waals surface area contributed by atoms with Gasteiger partial charge in [0.05, 0.1) is 10.6 Å². The van der Waals surface area contributed by atoms with Gasteiger partial charge in [-0.25, -0.2) is 25.9 Å². The van der Waals surface area contributed by atoms with E-state index in [9.17, 15) is 21.6 Å². The molecule has 0 aliphatic carbocycles. The van der Waals surface area contributed by atoms with Crippen LogP contribution in [0, 0.1) is 0 Å². The Labute approximate surface area is 161 Å². The van der Waals surface area contributed by atoms with Crippen molar-refractivity contribution < 1.29 is 21.6 Å². The van der Waals surface area contributed by atoms with Gasteiger partial charge in [0, 0.05) is 31.9 Å². The highest BCUT2D eigenvalue weighted by molar-refractivity contribution is 7.90. The van der Waals surface area contributed by atoms with E-state index in [0.717, 1.165) is 6.26 Å². The summed E-state index contributed by atoms with van der Waals surface area (Å²) in [6.07, 6.45) is 2.72. The second-order valence-electron chi connectivity index (χ2n) is 6.60. The van der Waals surface area contributed by atoms with Crippen LogP contribution in [0.2, 0.25) is 0 Å². The first-order chi connectivity index (χ1) is 12.6. The molecule has 152 valence electrons. The molecule has 1 aromatic carbocycles. The van der Waals surface area contributed by atoms with Crippen molar-refractivity contribution >= 4 is 25.9 Å². The summed E-state index contributed by atoms with van der Waals surface area (Å²) in [5.41, 5.74) is 0.665. The molecule has 1 aliphatic heterocycles. The topological polar surface area (TPSA) is 113 Å². The number of hydrogen-bond acceptors (Lipinski definition) is 5. The molecule has 8 nitrogen and oxygen atoms in total. The van der Waals surface area contributed by atoms with E-state index < -0.39 is 19.9 Å². The maximum atomic E-state index is 12.0. The van der Waals surface area contributed by atoms with Gasteiger partial charge in [0.1, 0.15) is 0 Å². The molecule has 0 bridgehead atoms. The normalized spacial score (nSPS) is 16.8. The monoisotopic (exact) mass is 417 g/mol. The van der Waals surface area contributed by atoms with Gasteiger partial charge in [-0.1, -0.05) is 18.2 Å². The Kier molecular flexibility index (Phi) is 7.24. The van der Waals surface area contributed by atoms with Gasteiger partial charge >= 0.3 is 6.03 Å². The molecule has 0 unspecified atom stereocenters. The van der Waals surface area contributed by atoms with Gasteiger partial charge in [0.15, 0.2) is 9.84 Å². The Morgan fingerprint density at radius 1 is 1.15 bits per heavy atom. The summed E-state index contributed by atoms with van der Waals surface area (Å²) >= 11 is 0. The van der Waals surface area contributed by atoms with Crippen LogP contribution in [-0.4, -0.2) is 64.9 Å². The Bertz CT molecular complexity index is 860. The van der Waals surface area contributed by atoms with Crippen LogP contribution in [0.3, 0.4) is 0 Å². The van der Waals surface area contributed by atoms with Crippen molar-refractivity contribution in [3.05, 3.63) is 29.8 Å². The zero-order valence-electron chi connectivity index (χ0n) is 15.6. The number of carbonyl (C=O) groups is 1. The number of urea groups is 1. The molecule has 0 radical (unpaired) electrons. The lowest BCUT2D eigenvalue weighted by Gasteiger charge is -2.31. The van der Waals surface area contributed by atoms with E-state index in [1.54, 1.807) is 31.2 Å². The minimum Gasteiger partial charge on any atom is -0.338 e. The van der Waals surface area contributed by atoms with E-state index in [-0.39, 0.29) is 22.7 Å². The molecule has 2 N–H and O–H groups in total. The number of rotatable bonds is 7. The van der Waals surface area contributed by atoms with E-state index in [1.165, 1.54) is 4.31 Å². The first-order valence-corrected chi connectivity index (χ1v) is 12.4. The molecule has 27 heavy (non-hydrogen) atoms. The van der Waals surface area contributed by atoms with Gasteiger partial charge in [-0.3, -0.25) is 0 Å². The quantitative estimate of drug-likeness (QED) is 0.680. The molecule has 2 rings (SSSR count). The standard InChI is InChI=1S/C17H27N3O5S2/c1-3-27(24,25)20-12-9-15(10-13-20)19-17(21)18-11-8-14-6-4-5-7-16(14)26(2,22)23/h4-7,15H,3,8-13H2,1-2H3,(H2,18,19,21). The number of sulfonamides is 1. The zero-order chi connectivity index (χ0) is 20.1. The minimum absolute atomic E-state index is 0.0726. The van der Waals surface area contributed by atoms with Crippen LogP contribution in [-0.2, 0) is 26.3 Å². The van der Waals surface area contributed by atoms with E-state index in [4.69, 9.17) is 0 Å². The van der Waals surface area contributed by atoms with Gasteiger partial charge in [0.25, 0.3) is 0 Å². The van der Waals surface area contributed by atoms with Crippen molar-refractivity contribution in [2.75, 3.05) is 31.6 Å². The number of nitrogens with zero attached hydrogens (tertiary/aromatic N) is 1. The minimum atomic E-state index is -3.31. The van der Waals surface area contributed by atoms with Crippen molar-refractivity contribution in [3.8, 4) is 0 Å². The van der Waals surface area contributed by atoms with Crippen LogP contribution >= 0.6 is 0 Å². The van der Waals surface area contributed by atoms with E-state index in [2.05, 4.69) is 10.6 Å². The third-order valence-corrected chi connectivity index (χ3v) is 7.68. The number of carbonyl (C=O) groups excluding carboxylic acids is 1. The van der Waals surface area contributed by atoms with Crippen LogP contribution in [0.5, 0.6) is 0 Å². The Morgan fingerprint density at radius 3 is 2.37 bits per heavy atom. The van der Waals surface area contributed by atoms with Crippen molar-refractivity contribution in [2.45, 2.75) is 37.1 Å². The molecule has 0 aromatic heterocycles. The summed E-state index contributed by atoms with van der Waals surface area (Å²) in [5.74, 6) is 0.0839. The summed E-state index contributed by atoms with van der Waals surface area (Å²) in [5, 5.41) is 5.58. The second-order valence-corrected chi connectivity index (χ2v) is 10.8. The fourth-order valence-corrected chi connectivity index (χ4v) is 5.18. The molecule has 1 saturated heterocycles. The molecule has 0 saturated carbocycles. The number of nitrogens with one attached hydrogen (secondary N) is 2. The van der Waals surface area contributed by atoms with Gasteiger partial charge in [-0.2, -0.15) is 0 Å². The lowest BCUT2D eigenvalue weighted by Crippen LogP contribution is -2.49. The predicted molar refractivity (Wildman–Crippen MR) is 104 cm³/mol. The largest absolute Gasteiger partial charge is 0.338 e. The first-order valence-electron chi connectivity index (χ1n) is 8.93. The SMILES string of the molecule is CCS(=O)(=O)N1CCC(NC(=O)NCCc2ccccc2S(C)(=O)=O)CC1. The second kappa shape index (κ2) is 9.03. The maximum absolute atomic E-state index is 12.0. The fourth-order valence-electron chi connectivity index (χ4n) is 3.08. The first kappa shape index (κ1) is 21.6. The summed E-state index contributed by atoms with van der Waals surface area (Å²) in [6, 6.07) is 6.33. The van der Waals surface area contributed by atoms with Gasteiger partial charge in [-0.05, 0) is 37.8 Å². The number of piperidine rings is 1. The van der Waals surface area contributed by atoms with Crippen molar-refractivity contribution in [3.63, 3.8) is 0 Å². The Morgan fingerprint density at radius 2 is 1.78 bits per heavy atom. The van der Waals surface area contributed by atoms with Crippen LogP contribution in [0.1, 0.15) is 25.3 Å². The molecular formula is C17H27N3O5S2. The van der Waals surface area contributed by atoms with Crippen LogP contribution in [0.4, 0.5) is 4.79 Å². The molecule has 10 heteroatoms. The summed E-state index contributed by atoms with van der Waals surface area (Å²) in [7, 11) is -6.49. The fraction of sp³-hybridized carbons (Fsp3) is 0.588. The van der Waals surface area contributed by atoms with Crippen molar-refractivity contribution in [2.24, 2.45) is 0 Å². The predicted octanol–water partition coefficient (Wildman–Crippen LogP) is 0.746. The number of sulfone groups is 1. The van der Waals surface area contributed by atoms with Crippen LogP contribution in [0.25, 0.3) is 0 Å². The number of hydrogen-bond donors (Lipinski definition) is 2. The van der Waals surface area contributed by atoms with Crippen molar-refractivity contribution in [1.82, 2.24) is 14.9 Å². The molecular weight excluding hydrogens is 390 g/mol.